The van der Waals surface area contributed by atoms with Crippen LogP contribution in [0.1, 0.15) is 23.6 Å². The van der Waals surface area contributed by atoms with Gasteiger partial charge in [0.1, 0.15) is 12.1 Å². The van der Waals surface area contributed by atoms with Gasteiger partial charge in [0.2, 0.25) is 17.7 Å². The fourth-order valence-corrected chi connectivity index (χ4v) is 2.75. The van der Waals surface area contributed by atoms with E-state index in [-0.39, 0.29) is 18.7 Å². The maximum Gasteiger partial charge on any atom is 0.243 e. The minimum atomic E-state index is -0.938. The van der Waals surface area contributed by atoms with E-state index in [1.165, 1.54) is 6.92 Å². The fourth-order valence-electron chi connectivity index (χ4n) is 2.75. The van der Waals surface area contributed by atoms with Crippen LogP contribution in [0.4, 0.5) is 0 Å². The van der Waals surface area contributed by atoms with E-state index in [0.29, 0.717) is 5.56 Å². The quantitative estimate of drug-likeness (QED) is 0.629. The Morgan fingerprint density at radius 3 is 2.04 bits per heavy atom. The number of benzene rings is 2. The van der Waals surface area contributed by atoms with Crippen molar-refractivity contribution in [2.24, 2.45) is 5.73 Å². The molecule has 0 fully saturated rings. The number of nitriles is 1. The monoisotopic (exact) mass is 378 g/mol. The van der Waals surface area contributed by atoms with Crippen molar-refractivity contribution >= 4 is 17.7 Å². The molecule has 2 aromatic carbocycles. The van der Waals surface area contributed by atoms with E-state index >= 15 is 0 Å². The molecule has 144 valence electrons. The average molecular weight is 378 g/mol. The molecule has 7 heteroatoms. The number of primary amides is 1. The van der Waals surface area contributed by atoms with E-state index < -0.39 is 23.9 Å². The van der Waals surface area contributed by atoms with Gasteiger partial charge >= 0.3 is 0 Å². The molecule has 0 bridgehead atoms. The van der Waals surface area contributed by atoms with Gasteiger partial charge in [-0.25, -0.2) is 0 Å². The topological polar surface area (TPSA) is 125 Å². The molecule has 0 aliphatic heterocycles. The van der Waals surface area contributed by atoms with Gasteiger partial charge in [-0.05, 0) is 23.3 Å². The number of amides is 3. The second-order valence-corrected chi connectivity index (χ2v) is 6.42. The van der Waals surface area contributed by atoms with Crippen molar-refractivity contribution in [3.63, 3.8) is 0 Å². The molecule has 0 saturated heterocycles. The van der Waals surface area contributed by atoms with E-state index in [9.17, 15) is 14.4 Å². The van der Waals surface area contributed by atoms with Crippen LogP contribution in [0, 0.1) is 11.3 Å². The number of carbonyl (C=O) groups excluding carboxylic acids is 3. The molecule has 2 aromatic rings. The first-order valence-corrected chi connectivity index (χ1v) is 8.79. The van der Waals surface area contributed by atoms with Gasteiger partial charge in [-0.1, -0.05) is 42.5 Å². The molecule has 2 rings (SSSR count). The number of nitrogens with two attached hydrogens (primary N) is 1. The summed E-state index contributed by atoms with van der Waals surface area (Å²) in [5, 5.41) is 14.1. The first kappa shape index (κ1) is 20.6. The molecule has 7 nitrogen and oxygen atoms in total. The Hall–Kier alpha value is -3.66. The summed E-state index contributed by atoms with van der Waals surface area (Å²) in [6.45, 7) is 1.33. The van der Waals surface area contributed by atoms with Crippen LogP contribution in [0.3, 0.4) is 0 Å². The Labute approximate surface area is 163 Å². The second-order valence-electron chi connectivity index (χ2n) is 6.42. The van der Waals surface area contributed by atoms with Crippen molar-refractivity contribution < 1.29 is 14.4 Å². The molecular weight excluding hydrogens is 356 g/mol. The molecule has 0 aliphatic rings. The highest BCUT2D eigenvalue weighted by molar-refractivity contribution is 5.91. The van der Waals surface area contributed by atoms with Crippen LogP contribution in [0.2, 0.25) is 0 Å². The van der Waals surface area contributed by atoms with E-state index in [0.717, 1.165) is 11.1 Å². The van der Waals surface area contributed by atoms with Gasteiger partial charge in [0.05, 0.1) is 11.6 Å². The summed E-state index contributed by atoms with van der Waals surface area (Å²) in [5.41, 5.74) is 7.57. The van der Waals surface area contributed by atoms with Gasteiger partial charge in [-0.2, -0.15) is 5.26 Å². The third-order valence-corrected chi connectivity index (χ3v) is 4.16. The lowest BCUT2D eigenvalue weighted by Gasteiger charge is -2.22. The third-order valence-electron chi connectivity index (χ3n) is 4.16. The van der Waals surface area contributed by atoms with Crippen molar-refractivity contribution in [3.8, 4) is 6.07 Å². The van der Waals surface area contributed by atoms with Crippen molar-refractivity contribution in [3.05, 3.63) is 71.3 Å². The Morgan fingerprint density at radius 1 is 0.929 bits per heavy atom. The maximum atomic E-state index is 12.7. The van der Waals surface area contributed by atoms with Crippen LogP contribution in [0.25, 0.3) is 0 Å². The van der Waals surface area contributed by atoms with Crippen molar-refractivity contribution in [2.75, 3.05) is 0 Å². The van der Waals surface area contributed by atoms with Crippen LogP contribution in [0.15, 0.2) is 54.6 Å². The molecular formula is C21H22N4O3. The SMILES string of the molecule is CC(=O)N[C@@H](Cc1ccccc1)C(=O)N[C@H](Cc1ccc(C#N)cc1)C(N)=O. The summed E-state index contributed by atoms with van der Waals surface area (Å²) in [7, 11) is 0. The summed E-state index contributed by atoms with van der Waals surface area (Å²) in [5.74, 6) is -1.52. The lowest BCUT2D eigenvalue weighted by molar-refractivity contribution is -0.130. The predicted octanol–water partition coefficient (Wildman–Crippen LogP) is 0.818. The Morgan fingerprint density at radius 2 is 1.50 bits per heavy atom. The summed E-state index contributed by atoms with van der Waals surface area (Å²) in [4.78, 5) is 36.1. The normalized spacial score (nSPS) is 12.3. The van der Waals surface area contributed by atoms with Gasteiger partial charge < -0.3 is 16.4 Å². The Bertz CT molecular complexity index is 873. The van der Waals surface area contributed by atoms with Gasteiger partial charge in [0.25, 0.3) is 0 Å². The van der Waals surface area contributed by atoms with Gasteiger partial charge in [0.15, 0.2) is 0 Å². The summed E-state index contributed by atoms with van der Waals surface area (Å²) < 4.78 is 0. The lowest BCUT2D eigenvalue weighted by Crippen LogP contribution is -2.54. The minimum Gasteiger partial charge on any atom is -0.368 e. The van der Waals surface area contributed by atoms with Crippen molar-refractivity contribution in [1.29, 1.82) is 5.26 Å². The first-order chi connectivity index (χ1) is 13.4. The van der Waals surface area contributed by atoms with Gasteiger partial charge in [-0.15, -0.1) is 0 Å². The lowest BCUT2D eigenvalue weighted by atomic mass is 10.0. The Kier molecular flexibility index (Phi) is 7.28. The molecule has 0 unspecified atom stereocenters. The van der Waals surface area contributed by atoms with Gasteiger partial charge in [0, 0.05) is 19.8 Å². The smallest absolute Gasteiger partial charge is 0.243 e. The minimum absolute atomic E-state index is 0.185. The molecule has 0 spiro atoms. The average Bonchev–Trinajstić information content (AvgIpc) is 2.67. The zero-order valence-electron chi connectivity index (χ0n) is 15.5. The zero-order chi connectivity index (χ0) is 20.5. The highest BCUT2D eigenvalue weighted by Crippen LogP contribution is 2.08. The molecule has 4 N–H and O–H groups in total. The standard InChI is InChI=1S/C21H22N4O3/c1-14(26)24-19(12-15-5-3-2-4-6-15)21(28)25-18(20(23)27)11-16-7-9-17(13-22)10-8-16/h2-10,18-19H,11-12H2,1H3,(H2,23,27)(H,24,26)(H,25,28)/t18-,19+/m1/s1. The van der Waals surface area contributed by atoms with Crippen LogP contribution >= 0.6 is 0 Å². The highest BCUT2D eigenvalue weighted by atomic mass is 16.2. The molecule has 0 heterocycles. The van der Waals surface area contributed by atoms with E-state index in [1.54, 1.807) is 24.3 Å². The summed E-state index contributed by atoms with van der Waals surface area (Å²) >= 11 is 0. The summed E-state index contributed by atoms with van der Waals surface area (Å²) in [6, 6.07) is 16.2. The maximum absolute atomic E-state index is 12.7. The molecule has 0 aromatic heterocycles. The number of rotatable bonds is 8. The summed E-state index contributed by atoms with van der Waals surface area (Å²) in [6.07, 6.45) is 0.472. The largest absolute Gasteiger partial charge is 0.368 e. The highest BCUT2D eigenvalue weighted by Gasteiger charge is 2.25. The third kappa shape index (κ3) is 6.25. The molecule has 0 saturated carbocycles. The van der Waals surface area contributed by atoms with E-state index in [4.69, 9.17) is 11.0 Å². The number of hydrogen-bond donors (Lipinski definition) is 3. The van der Waals surface area contributed by atoms with Crippen LogP contribution in [-0.2, 0) is 27.2 Å². The molecule has 0 aliphatic carbocycles. The Balaban J connectivity index is 2.11. The number of carbonyl (C=O) groups is 3. The number of nitrogens with one attached hydrogen (secondary N) is 2. The second kappa shape index (κ2) is 9.88. The molecule has 28 heavy (non-hydrogen) atoms. The van der Waals surface area contributed by atoms with Crippen molar-refractivity contribution in [2.45, 2.75) is 31.8 Å². The zero-order valence-corrected chi connectivity index (χ0v) is 15.5. The molecule has 0 radical (unpaired) electrons. The van der Waals surface area contributed by atoms with Crippen LogP contribution in [0.5, 0.6) is 0 Å². The molecule has 3 amide bonds. The van der Waals surface area contributed by atoms with Gasteiger partial charge in [-0.3, -0.25) is 14.4 Å². The van der Waals surface area contributed by atoms with E-state index in [2.05, 4.69) is 10.6 Å². The molecule has 2 atom stereocenters. The number of nitrogens with zero attached hydrogens (tertiary/aromatic N) is 1. The van der Waals surface area contributed by atoms with Crippen LogP contribution in [-0.4, -0.2) is 29.8 Å². The fraction of sp³-hybridized carbons (Fsp3) is 0.238. The number of hydrogen-bond acceptors (Lipinski definition) is 4. The van der Waals surface area contributed by atoms with Crippen molar-refractivity contribution in [1.82, 2.24) is 10.6 Å². The predicted molar refractivity (Wildman–Crippen MR) is 104 cm³/mol. The first-order valence-electron chi connectivity index (χ1n) is 8.79. The van der Waals surface area contributed by atoms with Crippen LogP contribution < -0.4 is 16.4 Å². The van der Waals surface area contributed by atoms with E-state index in [1.807, 2.05) is 36.4 Å².